The minimum absolute atomic E-state index is 0.305. The van der Waals surface area contributed by atoms with Crippen LogP contribution < -0.4 is 5.32 Å². The van der Waals surface area contributed by atoms with Crippen LogP contribution in [0.15, 0.2) is 30.3 Å². The summed E-state index contributed by atoms with van der Waals surface area (Å²) in [5, 5.41) is 3.79. The van der Waals surface area contributed by atoms with Crippen LogP contribution in [0.2, 0.25) is 0 Å². The van der Waals surface area contributed by atoms with E-state index in [1.807, 2.05) is 0 Å². The lowest BCUT2D eigenvalue weighted by Gasteiger charge is -2.40. The lowest BCUT2D eigenvalue weighted by molar-refractivity contribution is 0.247. The van der Waals surface area contributed by atoms with Crippen molar-refractivity contribution in [2.45, 2.75) is 64.3 Å². The molecule has 1 fully saturated rings. The van der Waals surface area contributed by atoms with Crippen LogP contribution in [0.4, 0.5) is 0 Å². The first-order valence-corrected chi connectivity index (χ1v) is 8.02. The first kappa shape index (κ1) is 14.6. The van der Waals surface area contributed by atoms with E-state index < -0.39 is 0 Å². The zero-order valence-corrected chi connectivity index (χ0v) is 12.8. The van der Waals surface area contributed by atoms with Crippen LogP contribution in [0.5, 0.6) is 0 Å². The van der Waals surface area contributed by atoms with Gasteiger partial charge in [0, 0.05) is 18.0 Å². The molecule has 0 aromatic heterocycles. The summed E-state index contributed by atoms with van der Waals surface area (Å²) in [6.45, 7) is 8.23. The molecule has 1 aliphatic carbocycles. The summed E-state index contributed by atoms with van der Waals surface area (Å²) in [7, 11) is 0. The fraction of sp³-hybridized carbons (Fsp3) is 0.667. The van der Waals surface area contributed by atoms with Gasteiger partial charge in [-0.25, -0.2) is 0 Å². The summed E-state index contributed by atoms with van der Waals surface area (Å²) in [6.07, 6.45) is 6.56. The summed E-state index contributed by atoms with van der Waals surface area (Å²) in [6, 6.07) is 11.9. The van der Waals surface area contributed by atoms with Crippen molar-refractivity contribution >= 4 is 0 Å². The van der Waals surface area contributed by atoms with E-state index in [-0.39, 0.29) is 0 Å². The van der Waals surface area contributed by atoms with E-state index in [9.17, 15) is 0 Å². The second-order valence-corrected chi connectivity index (χ2v) is 6.22. The molecule has 1 saturated carbocycles. The van der Waals surface area contributed by atoms with Gasteiger partial charge >= 0.3 is 0 Å². The molecule has 1 nitrogen and oxygen atoms in total. The molecular weight excluding hydrogens is 230 g/mol. The Bertz CT molecular complexity index is 369. The van der Waals surface area contributed by atoms with Crippen molar-refractivity contribution in [1.82, 2.24) is 5.32 Å². The summed E-state index contributed by atoms with van der Waals surface area (Å²) in [5.41, 5.74) is 1.83. The van der Waals surface area contributed by atoms with E-state index in [1.165, 1.54) is 37.7 Å². The highest BCUT2D eigenvalue weighted by Gasteiger charge is 2.37. The molecular formula is C18H29N. The third kappa shape index (κ3) is 3.39. The maximum absolute atomic E-state index is 3.79. The fourth-order valence-electron chi connectivity index (χ4n) is 3.33. The Morgan fingerprint density at radius 2 is 1.89 bits per heavy atom. The number of benzene rings is 1. The van der Waals surface area contributed by atoms with Gasteiger partial charge in [0.15, 0.2) is 0 Å². The van der Waals surface area contributed by atoms with Gasteiger partial charge in [0.05, 0.1) is 0 Å². The van der Waals surface area contributed by atoms with E-state index in [2.05, 4.69) is 56.4 Å². The van der Waals surface area contributed by atoms with Crippen molar-refractivity contribution in [3.8, 4) is 0 Å². The van der Waals surface area contributed by atoms with Gasteiger partial charge in [0.1, 0.15) is 0 Å². The van der Waals surface area contributed by atoms with Gasteiger partial charge in [-0.15, -0.1) is 0 Å². The number of hydrogen-bond acceptors (Lipinski definition) is 1. The SMILES string of the molecule is CCCC(C)C(CC)(CNC1CC1)c1ccccc1. The Morgan fingerprint density at radius 3 is 2.42 bits per heavy atom. The van der Waals surface area contributed by atoms with Gasteiger partial charge < -0.3 is 5.32 Å². The van der Waals surface area contributed by atoms with Gasteiger partial charge in [-0.1, -0.05) is 63.9 Å². The highest BCUT2D eigenvalue weighted by atomic mass is 15.0. The molecule has 0 saturated heterocycles. The first-order valence-electron chi connectivity index (χ1n) is 8.02. The van der Waals surface area contributed by atoms with Crippen LogP contribution in [0.25, 0.3) is 0 Å². The first-order chi connectivity index (χ1) is 9.23. The predicted octanol–water partition coefficient (Wildman–Crippen LogP) is 4.52. The molecule has 0 radical (unpaired) electrons. The van der Waals surface area contributed by atoms with Crippen LogP contribution in [-0.2, 0) is 5.41 Å². The molecule has 0 spiro atoms. The monoisotopic (exact) mass is 259 g/mol. The Balaban J connectivity index is 2.22. The van der Waals surface area contributed by atoms with Crippen molar-refractivity contribution in [3.63, 3.8) is 0 Å². The zero-order valence-electron chi connectivity index (χ0n) is 12.8. The molecule has 1 N–H and O–H groups in total. The largest absolute Gasteiger partial charge is 0.313 e. The Labute approximate surface area is 118 Å². The minimum atomic E-state index is 0.305. The van der Waals surface area contributed by atoms with E-state index in [4.69, 9.17) is 0 Å². The average molecular weight is 259 g/mol. The molecule has 2 atom stereocenters. The molecule has 0 bridgehead atoms. The Morgan fingerprint density at radius 1 is 1.21 bits per heavy atom. The molecule has 0 heterocycles. The molecule has 1 aromatic rings. The Kier molecular flexibility index (Phi) is 5.04. The quantitative estimate of drug-likeness (QED) is 0.723. The zero-order chi connectivity index (χ0) is 13.7. The molecule has 1 aromatic carbocycles. The van der Waals surface area contributed by atoms with E-state index in [1.54, 1.807) is 0 Å². The highest BCUT2D eigenvalue weighted by Crippen LogP contribution is 2.38. The number of rotatable bonds is 8. The van der Waals surface area contributed by atoms with Gasteiger partial charge in [-0.2, -0.15) is 0 Å². The van der Waals surface area contributed by atoms with Gasteiger partial charge in [-0.3, -0.25) is 0 Å². The summed E-state index contributed by atoms with van der Waals surface area (Å²) >= 11 is 0. The minimum Gasteiger partial charge on any atom is -0.313 e. The third-order valence-corrected chi connectivity index (χ3v) is 4.93. The molecule has 2 rings (SSSR count). The summed E-state index contributed by atoms with van der Waals surface area (Å²) in [5.74, 6) is 0.733. The number of nitrogens with one attached hydrogen (secondary N) is 1. The second kappa shape index (κ2) is 6.56. The van der Waals surface area contributed by atoms with E-state index in [0.717, 1.165) is 18.5 Å². The van der Waals surface area contributed by atoms with Gasteiger partial charge in [0.25, 0.3) is 0 Å². The smallest absolute Gasteiger partial charge is 0.0101 e. The van der Waals surface area contributed by atoms with Crippen LogP contribution in [0.1, 0.15) is 58.4 Å². The highest BCUT2D eigenvalue weighted by molar-refractivity contribution is 5.27. The van der Waals surface area contributed by atoms with E-state index in [0.29, 0.717) is 5.41 Å². The van der Waals surface area contributed by atoms with E-state index >= 15 is 0 Å². The molecule has 19 heavy (non-hydrogen) atoms. The van der Waals surface area contributed by atoms with Crippen LogP contribution in [0, 0.1) is 5.92 Å². The maximum atomic E-state index is 3.79. The Hall–Kier alpha value is -0.820. The molecule has 0 amide bonds. The molecule has 106 valence electrons. The predicted molar refractivity (Wildman–Crippen MR) is 83.5 cm³/mol. The topological polar surface area (TPSA) is 12.0 Å². The van der Waals surface area contributed by atoms with Crippen molar-refractivity contribution in [2.75, 3.05) is 6.54 Å². The number of hydrogen-bond donors (Lipinski definition) is 1. The van der Waals surface area contributed by atoms with Crippen molar-refractivity contribution in [1.29, 1.82) is 0 Å². The standard InChI is InChI=1S/C18H29N/c1-4-9-15(3)18(5-2,14-19-17-12-13-17)16-10-7-6-8-11-16/h6-8,10-11,15,17,19H,4-5,9,12-14H2,1-3H3. The lowest BCUT2D eigenvalue weighted by atomic mass is 9.67. The second-order valence-electron chi connectivity index (χ2n) is 6.22. The molecule has 2 unspecified atom stereocenters. The third-order valence-electron chi connectivity index (χ3n) is 4.93. The lowest BCUT2D eigenvalue weighted by Crippen LogP contribution is -2.43. The average Bonchev–Trinajstić information content (AvgIpc) is 3.26. The fourth-order valence-corrected chi connectivity index (χ4v) is 3.33. The molecule has 1 aliphatic rings. The summed E-state index contributed by atoms with van der Waals surface area (Å²) < 4.78 is 0. The van der Waals surface area contributed by atoms with Crippen LogP contribution >= 0.6 is 0 Å². The van der Waals surface area contributed by atoms with Crippen molar-refractivity contribution in [2.24, 2.45) is 5.92 Å². The normalized spacial score (nSPS) is 19.9. The maximum Gasteiger partial charge on any atom is 0.0101 e. The molecule has 0 aliphatic heterocycles. The van der Waals surface area contributed by atoms with Gasteiger partial charge in [-0.05, 0) is 30.7 Å². The van der Waals surface area contributed by atoms with Crippen LogP contribution in [0.3, 0.4) is 0 Å². The van der Waals surface area contributed by atoms with Crippen molar-refractivity contribution in [3.05, 3.63) is 35.9 Å². The van der Waals surface area contributed by atoms with Gasteiger partial charge in [0.2, 0.25) is 0 Å². The van der Waals surface area contributed by atoms with Crippen molar-refractivity contribution < 1.29 is 0 Å². The summed E-state index contributed by atoms with van der Waals surface area (Å²) in [4.78, 5) is 0. The van der Waals surface area contributed by atoms with Crippen LogP contribution in [-0.4, -0.2) is 12.6 Å². The molecule has 1 heteroatoms.